The quantitative estimate of drug-likeness (QED) is 0.139. The first-order valence-electron chi connectivity index (χ1n) is 25.9. The predicted octanol–water partition coefficient (Wildman–Crippen LogP) is 5.70. The Morgan fingerprint density at radius 1 is 1.09 bits per heavy atom. The summed E-state index contributed by atoms with van der Waals surface area (Å²) < 4.78 is 29.8. The Labute approximate surface area is 438 Å². The van der Waals surface area contributed by atoms with Crippen LogP contribution in [0.5, 0.6) is 0 Å². The molecule has 18 nitrogen and oxygen atoms in total. The monoisotopic (exact) mass is 1040 g/mol. The van der Waals surface area contributed by atoms with Gasteiger partial charge in [-0.15, -0.1) is 11.3 Å². The lowest BCUT2D eigenvalue weighted by Crippen LogP contribution is -2.62. The highest BCUT2D eigenvalue weighted by molar-refractivity contribution is 7.10. The molecule has 6 atom stereocenters. The van der Waals surface area contributed by atoms with Gasteiger partial charge in [-0.3, -0.25) is 29.2 Å². The molecule has 0 unspecified atom stereocenters. The molecule has 4 aliphatic heterocycles. The Morgan fingerprint density at radius 3 is 2.53 bits per heavy atom. The molecule has 0 radical (unpaired) electrons. The van der Waals surface area contributed by atoms with Gasteiger partial charge in [0.1, 0.15) is 24.3 Å². The summed E-state index contributed by atoms with van der Waals surface area (Å²) in [5.41, 5.74) is 10.2. The van der Waals surface area contributed by atoms with Gasteiger partial charge in [-0.05, 0) is 75.9 Å². The number of hydrogen-bond donors (Lipinski definition) is 2. The Balaban J connectivity index is 1.17. The van der Waals surface area contributed by atoms with E-state index in [4.69, 9.17) is 19.4 Å². The zero-order valence-electron chi connectivity index (χ0n) is 44.7. The van der Waals surface area contributed by atoms with Crippen molar-refractivity contribution in [1.82, 2.24) is 49.9 Å². The third-order valence-corrected chi connectivity index (χ3v) is 16.1. The number of aromatic nitrogens is 3. The minimum Gasteiger partial charge on any atom is -0.464 e. The lowest BCUT2D eigenvalue weighted by atomic mass is 9.84. The van der Waals surface area contributed by atoms with E-state index in [1.165, 1.54) is 45.1 Å². The van der Waals surface area contributed by atoms with Crippen LogP contribution in [-0.2, 0) is 48.0 Å². The minimum absolute atomic E-state index is 0.0150. The second-order valence-corrected chi connectivity index (χ2v) is 22.4. The van der Waals surface area contributed by atoms with Crippen molar-refractivity contribution in [3.63, 3.8) is 0 Å². The number of alkyl halides is 1. The van der Waals surface area contributed by atoms with Crippen LogP contribution in [-0.4, -0.2) is 180 Å². The van der Waals surface area contributed by atoms with Crippen molar-refractivity contribution in [3.8, 4) is 22.5 Å². The highest BCUT2D eigenvalue weighted by Gasteiger charge is 2.43. The number of nitrogens with one attached hydrogen (secondary N) is 2. The fourth-order valence-electron chi connectivity index (χ4n) is 10.9. The number of rotatable bonds is 11. The first kappa shape index (κ1) is 54.3. The number of fused-ring (bicyclic) bond motifs is 6. The molecule has 3 saturated heterocycles. The van der Waals surface area contributed by atoms with E-state index < -0.39 is 71.4 Å². The van der Waals surface area contributed by atoms with Crippen molar-refractivity contribution >= 4 is 57.6 Å². The van der Waals surface area contributed by atoms with Crippen molar-refractivity contribution in [1.29, 1.82) is 0 Å². The summed E-state index contributed by atoms with van der Waals surface area (Å²) in [6.07, 6.45) is 2.75. The molecule has 6 bridgehead atoms. The number of thiazole rings is 1. The molecule has 0 aliphatic carbocycles. The molecule has 0 saturated carbocycles. The number of benzene rings is 1. The van der Waals surface area contributed by atoms with E-state index in [9.17, 15) is 24.0 Å². The zero-order chi connectivity index (χ0) is 53.3. The average Bonchev–Trinajstić information content (AvgIpc) is 4.11. The summed E-state index contributed by atoms with van der Waals surface area (Å²) in [5, 5.41) is 7.95. The molecule has 4 aromatic rings. The van der Waals surface area contributed by atoms with Gasteiger partial charge in [0.05, 0.1) is 59.3 Å². The molecular weight excluding hydrogens is 966 g/mol. The molecule has 4 aliphatic rings. The number of ether oxygens (including phenoxy) is 2. The van der Waals surface area contributed by atoms with E-state index in [0.29, 0.717) is 36.5 Å². The van der Waals surface area contributed by atoms with E-state index >= 15 is 4.39 Å². The third-order valence-electron chi connectivity index (χ3n) is 15.2. The Kier molecular flexibility index (Phi) is 16.5. The molecule has 400 valence electrons. The van der Waals surface area contributed by atoms with Crippen molar-refractivity contribution in [2.24, 2.45) is 11.3 Å². The molecule has 20 heteroatoms. The maximum atomic E-state index is 15.3. The van der Waals surface area contributed by atoms with E-state index in [1.54, 1.807) is 21.0 Å². The second kappa shape index (κ2) is 22.5. The number of carbonyl (C=O) groups excluding carboxylic acids is 5. The predicted molar refractivity (Wildman–Crippen MR) is 284 cm³/mol. The molecule has 3 aromatic heterocycles. The number of piperazine rings is 1. The summed E-state index contributed by atoms with van der Waals surface area (Å²) in [6.45, 7) is 19.8. The first-order chi connectivity index (χ1) is 35.2. The van der Waals surface area contributed by atoms with Crippen LogP contribution in [0.1, 0.15) is 76.8 Å². The van der Waals surface area contributed by atoms with Gasteiger partial charge >= 0.3 is 12.0 Å². The van der Waals surface area contributed by atoms with Crippen LogP contribution in [0, 0.1) is 11.3 Å². The third kappa shape index (κ3) is 11.2. The van der Waals surface area contributed by atoms with Gasteiger partial charge in [-0.2, -0.15) is 0 Å². The van der Waals surface area contributed by atoms with E-state index in [0.717, 1.165) is 76.9 Å². The topological polar surface area (TPSA) is 178 Å². The number of hydrazine groups is 1. The second-order valence-electron chi connectivity index (χ2n) is 21.5. The van der Waals surface area contributed by atoms with Crippen LogP contribution in [0.4, 0.5) is 14.9 Å². The van der Waals surface area contributed by atoms with Crippen LogP contribution in [0.15, 0.2) is 48.5 Å². The first-order valence-corrected chi connectivity index (χ1v) is 26.8. The number of carbonyl (C=O) groups is 5. The van der Waals surface area contributed by atoms with E-state index in [1.807, 2.05) is 18.5 Å². The van der Waals surface area contributed by atoms with E-state index in [-0.39, 0.29) is 38.8 Å². The maximum absolute atomic E-state index is 15.3. The number of urea groups is 1. The minimum atomic E-state index is -1.50. The van der Waals surface area contributed by atoms with Gasteiger partial charge in [0.2, 0.25) is 11.8 Å². The Morgan fingerprint density at radius 2 is 1.84 bits per heavy atom. The summed E-state index contributed by atoms with van der Waals surface area (Å²) in [5.74, 6) is -2.44. The summed E-state index contributed by atoms with van der Waals surface area (Å²) in [7, 11) is 6.80. The highest BCUT2D eigenvalue weighted by Crippen LogP contribution is 2.43. The summed E-state index contributed by atoms with van der Waals surface area (Å²) >= 11 is 1.38. The summed E-state index contributed by atoms with van der Waals surface area (Å²) in [6, 6.07) is 4.10. The van der Waals surface area contributed by atoms with Gasteiger partial charge in [-0.25, -0.2) is 19.6 Å². The number of cyclic esters (lactones) is 1. The standard InChI is InChI=1S/C54H74FN11O7S/c1-12-46(67)61(9)44-29-64(28-39(44)55)53(71)62(10)48(32(3)4)50(68)58-41-25-45-57-42(30-74-45)34-16-17-43-36(23-34)38(26-54(6,7)31-73-52(70)40-15-14-18-66(59-40)51(41)69)49(65(43)13-2)37-24-35(27-56-47(37)33(5)72-11)63-21-19-60(8)20-22-63/h12,16-17,23-24,27,30,32-33,39-41,44,48,59H,1,13-15,18-22,25-26,28-29,31H2,2-11H3,(H,58,68)/t33-,39-,40-,41-,44-,48-/m0/s1. The van der Waals surface area contributed by atoms with Gasteiger partial charge in [0, 0.05) is 106 Å². The number of nitrogens with zero attached hydrogens (tertiary/aromatic N) is 9. The number of esters is 1. The fraction of sp³-hybridized carbons (Fsp3) is 0.574. The van der Waals surface area contributed by atoms with Gasteiger partial charge in [0.15, 0.2) is 0 Å². The van der Waals surface area contributed by atoms with Gasteiger partial charge in [-0.1, -0.05) is 40.3 Å². The number of pyridine rings is 1. The van der Waals surface area contributed by atoms with Crippen LogP contribution in [0.3, 0.4) is 0 Å². The van der Waals surface area contributed by atoms with Gasteiger partial charge < -0.3 is 43.9 Å². The molecule has 8 rings (SSSR count). The number of amides is 5. The smallest absolute Gasteiger partial charge is 0.324 e. The molecule has 3 fully saturated rings. The fourth-order valence-corrected chi connectivity index (χ4v) is 11.8. The molecule has 0 spiro atoms. The molecule has 1 aromatic carbocycles. The summed E-state index contributed by atoms with van der Waals surface area (Å²) in [4.78, 5) is 88.6. The number of halogens is 1. The number of likely N-dealkylation sites (tertiary alicyclic amines) is 1. The van der Waals surface area contributed by atoms with E-state index in [2.05, 4.69) is 83.8 Å². The molecule has 74 heavy (non-hydrogen) atoms. The van der Waals surface area contributed by atoms with Crippen LogP contribution in [0.25, 0.3) is 33.4 Å². The maximum Gasteiger partial charge on any atom is 0.324 e. The number of methoxy groups -OCH3 is 1. The van der Waals surface area contributed by atoms with Gasteiger partial charge in [0.25, 0.3) is 5.91 Å². The average molecular weight is 1040 g/mol. The SMILES string of the molecule is C=CC(=O)N(C)[C@H]1CN(C(=O)N(C)[C@H](C(=O)N[C@H]2Cc3nc(cs3)-c3ccc4c(c3)c(c(-c3cc(N5CCN(C)CC5)cnc3[C@H](C)OC)n4CC)CC(C)(C)COC(=O)[C@@H]3CCCN(N3)C2=O)C(C)C)C[C@@H]1F. The lowest BCUT2D eigenvalue weighted by Gasteiger charge is -2.37. The molecule has 2 N–H and O–H groups in total. The van der Waals surface area contributed by atoms with Crippen LogP contribution >= 0.6 is 11.3 Å². The lowest BCUT2D eigenvalue weighted by molar-refractivity contribution is -0.155. The number of aryl methyl sites for hydroxylation is 1. The Bertz CT molecular complexity index is 2750. The Hall–Kier alpha value is -5.96. The molecular formula is C54H74FN11O7S. The van der Waals surface area contributed by atoms with Crippen LogP contribution in [0.2, 0.25) is 0 Å². The van der Waals surface area contributed by atoms with Crippen molar-refractivity contribution in [2.75, 3.05) is 85.6 Å². The number of anilines is 1. The van der Waals surface area contributed by atoms with Crippen molar-refractivity contribution < 1.29 is 37.8 Å². The molecule has 5 amide bonds. The largest absolute Gasteiger partial charge is 0.464 e. The zero-order valence-corrected chi connectivity index (χ0v) is 45.5. The van der Waals surface area contributed by atoms with Crippen molar-refractivity contribution in [3.05, 3.63) is 64.8 Å². The molecule has 7 heterocycles. The normalized spacial score (nSPS) is 22.6. The van der Waals surface area contributed by atoms with Crippen molar-refractivity contribution in [2.45, 2.75) is 110 Å². The highest BCUT2D eigenvalue weighted by atomic mass is 32.1. The number of hydrogen-bond acceptors (Lipinski definition) is 13. The number of likely N-dealkylation sites (N-methyl/N-ethyl adjacent to an activating group) is 3. The van der Waals surface area contributed by atoms with Crippen LogP contribution < -0.4 is 15.6 Å².